The molecule has 10 heteroatoms. The number of benzene rings is 1. The summed E-state index contributed by atoms with van der Waals surface area (Å²) in [6, 6.07) is 10.6. The first-order valence-corrected chi connectivity index (χ1v) is 10.3. The Morgan fingerprint density at radius 3 is 2.58 bits per heavy atom. The number of aromatic nitrogens is 3. The molecule has 0 aliphatic rings. The Hall–Kier alpha value is -4.08. The Morgan fingerprint density at radius 1 is 1.18 bits per heavy atom. The van der Waals surface area contributed by atoms with E-state index in [1.807, 2.05) is 32.9 Å². The van der Waals surface area contributed by atoms with Crippen LogP contribution in [0.1, 0.15) is 35.5 Å². The average molecular weight is 453 g/mol. The zero-order valence-electron chi connectivity index (χ0n) is 19.3. The molecule has 1 amide bonds. The smallest absolute Gasteiger partial charge is 0.261 e. The van der Waals surface area contributed by atoms with Crippen LogP contribution in [0.2, 0.25) is 0 Å². The van der Waals surface area contributed by atoms with Gasteiger partial charge in [-0.25, -0.2) is 9.67 Å². The van der Waals surface area contributed by atoms with Crippen molar-refractivity contribution in [3.63, 3.8) is 0 Å². The summed E-state index contributed by atoms with van der Waals surface area (Å²) in [4.78, 5) is 21.8. The quantitative estimate of drug-likeness (QED) is 0.290. The van der Waals surface area contributed by atoms with Crippen LogP contribution in [0, 0.1) is 13.8 Å². The fourth-order valence-corrected chi connectivity index (χ4v) is 3.28. The van der Waals surface area contributed by atoms with Gasteiger partial charge in [0.1, 0.15) is 11.5 Å². The highest BCUT2D eigenvalue weighted by Gasteiger charge is 2.16. The zero-order valence-corrected chi connectivity index (χ0v) is 19.3. The molecular weight excluding hydrogens is 424 g/mol. The van der Waals surface area contributed by atoms with Crippen molar-refractivity contribution < 1.29 is 19.1 Å². The number of carbonyl (C=O) groups is 1. The number of ether oxygens (including phenoxy) is 2. The Kier molecular flexibility index (Phi) is 7.50. The number of methoxy groups -OCH3 is 2. The molecule has 3 N–H and O–H groups in total. The monoisotopic (exact) mass is 452 g/mol. The van der Waals surface area contributed by atoms with E-state index < -0.39 is 0 Å². The summed E-state index contributed by atoms with van der Waals surface area (Å²) in [5, 5.41) is 11.1. The third kappa shape index (κ3) is 5.79. The molecule has 1 atom stereocenters. The maximum atomic E-state index is 12.3. The van der Waals surface area contributed by atoms with Crippen LogP contribution in [-0.2, 0) is 9.63 Å². The minimum Gasteiger partial charge on any atom is -0.497 e. The lowest BCUT2D eigenvalue weighted by Crippen LogP contribution is -2.30. The molecule has 0 radical (unpaired) electrons. The maximum Gasteiger partial charge on any atom is 0.261 e. The number of oxime groups is 1. The summed E-state index contributed by atoms with van der Waals surface area (Å²) in [5.74, 6) is 1.72. The predicted octanol–water partition coefficient (Wildman–Crippen LogP) is 2.42. The van der Waals surface area contributed by atoms with Gasteiger partial charge in [0, 0.05) is 23.0 Å². The van der Waals surface area contributed by atoms with E-state index in [0.29, 0.717) is 22.9 Å². The van der Waals surface area contributed by atoms with E-state index in [9.17, 15) is 4.79 Å². The molecule has 2 heterocycles. The molecule has 174 valence electrons. The minimum atomic E-state index is -0.359. The molecule has 1 unspecified atom stereocenters. The lowest BCUT2D eigenvalue weighted by molar-refractivity contribution is -0.126. The molecule has 0 spiro atoms. The van der Waals surface area contributed by atoms with Crippen molar-refractivity contribution in [2.45, 2.75) is 26.8 Å². The Morgan fingerprint density at radius 2 is 1.97 bits per heavy atom. The minimum absolute atomic E-state index is 0.109. The first-order valence-electron chi connectivity index (χ1n) is 10.3. The number of amides is 1. The fourth-order valence-electron chi connectivity index (χ4n) is 3.28. The second-order valence-corrected chi connectivity index (χ2v) is 7.39. The van der Waals surface area contributed by atoms with Gasteiger partial charge in [0.15, 0.2) is 18.3 Å². The number of hydrogen-bond acceptors (Lipinski definition) is 7. The Balaban J connectivity index is 1.57. The molecule has 0 aliphatic carbocycles. The van der Waals surface area contributed by atoms with Crippen LogP contribution in [0.15, 0.2) is 47.8 Å². The average Bonchev–Trinajstić information content (AvgIpc) is 3.16. The predicted molar refractivity (Wildman–Crippen MR) is 124 cm³/mol. The number of nitrogens with one attached hydrogen (secondary N) is 1. The number of aryl methyl sites for hydroxylation is 2. The van der Waals surface area contributed by atoms with Gasteiger partial charge in [0.25, 0.3) is 5.91 Å². The second-order valence-electron chi connectivity index (χ2n) is 7.39. The summed E-state index contributed by atoms with van der Waals surface area (Å²) < 4.78 is 12.4. The molecule has 0 aliphatic heterocycles. The first-order chi connectivity index (χ1) is 15.8. The summed E-state index contributed by atoms with van der Waals surface area (Å²) >= 11 is 0. The van der Waals surface area contributed by atoms with Crippen LogP contribution >= 0.6 is 0 Å². The highest BCUT2D eigenvalue weighted by atomic mass is 16.6. The van der Waals surface area contributed by atoms with Crippen molar-refractivity contribution in [2.75, 3.05) is 20.8 Å². The van der Waals surface area contributed by atoms with Gasteiger partial charge in [-0.05, 0) is 57.2 Å². The van der Waals surface area contributed by atoms with Crippen molar-refractivity contribution in [1.29, 1.82) is 0 Å². The van der Waals surface area contributed by atoms with E-state index in [1.54, 1.807) is 49.4 Å². The summed E-state index contributed by atoms with van der Waals surface area (Å²) in [6.07, 6.45) is 1.57. The molecule has 2 aromatic heterocycles. The largest absolute Gasteiger partial charge is 0.497 e. The van der Waals surface area contributed by atoms with E-state index in [0.717, 1.165) is 17.0 Å². The number of nitrogens with two attached hydrogens (primary N) is 1. The molecule has 0 saturated heterocycles. The van der Waals surface area contributed by atoms with Crippen molar-refractivity contribution in [3.05, 3.63) is 65.1 Å². The van der Waals surface area contributed by atoms with E-state index in [2.05, 4.69) is 20.6 Å². The third-order valence-corrected chi connectivity index (χ3v) is 4.91. The van der Waals surface area contributed by atoms with Crippen molar-refractivity contribution in [3.8, 4) is 17.3 Å². The number of pyridine rings is 1. The molecule has 10 nitrogen and oxygen atoms in total. The SMILES string of the molecule is COc1ccc(OC)c(C(C)NC(=O)CON=C(N)c2ccc(-n3nc(C)cc3C)nc2)c1. The number of nitrogens with zero attached hydrogens (tertiary/aromatic N) is 4. The molecule has 33 heavy (non-hydrogen) atoms. The highest BCUT2D eigenvalue weighted by molar-refractivity contribution is 5.96. The third-order valence-electron chi connectivity index (χ3n) is 4.91. The maximum absolute atomic E-state index is 12.3. The summed E-state index contributed by atoms with van der Waals surface area (Å²) in [6.45, 7) is 5.41. The molecule has 0 bridgehead atoms. The lowest BCUT2D eigenvalue weighted by atomic mass is 10.1. The van der Waals surface area contributed by atoms with E-state index >= 15 is 0 Å². The van der Waals surface area contributed by atoms with Crippen molar-refractivity contribution in [1.82, 2.24) is 20.1 Å². The lowest BCUT2D eigenvalue weighted by Gasteiger charge is -2.18. The van der Waals surface area contributed by atoms with Gasteiger partial charge in [-0.3, -0.25) is 4.79 Å². The van der Waals surface area contributed by atoms with Gasteiger partial charge in [0.2, 0.25) is 0 Å². The summed E-state index contributed by atoms with van der Waals surface area (Å²) in [5.41, 5.74) is 9.20. The number of rotatable bonds is 9. The van der Waals surface area contributed by atoms with Gasteiger partial charge >= 0.3 is 0 Å². The van der Waals surface area contributed by atoms with Crippen LogP contribution in [0.25, 0.3) is 5.82 Å². The first kappa shape index (κ1) is 23.6. The fraction of sp³-hybridized carbons (Fsp3) is 0.304. The second kappa shape index (κ2) is 10.5. The Labute approximate surface area is 192 Å². The van der Waals surface area contributed by atoms with Crippen LogP contribution in [0.5, 0.6) is 11.5 Å². The molecule has 3 aromatic rings. The number of amidine groups is 1. The van der Waals surface area contributed by atoms with Crippen LogP contribution in [-0.4, -0.2) is 47.3 Å². The molecule has 1 aromatic carbocycles. The van der Waals surface area contributed by atoms with Gasteiger partial charge in [-0.15, -0.1) is 0 Å². The standard InChI is InChI=1S/C23H28N6O4/c1-14-10-15(2)29(27-14)21-9-6-17(12-25-21)23(24)28-33-13-22(30)26-16(3)19-11-18(31-4)7-8-20(19)32-5/h6-12,16H,13H2,1-5H3,(H2,24,28)(H,26,30). The molecular formula is C23H28N6O4. The van der Waals surface area contributed by atoms with Crippen molar-refractivity contribution in [2.24, 2.45) is 10.9 Å². The zero-order chi connectivity index (χ0) is 24.0. The molecule has 3 rings (SSSR count). The van der Waals surface area contributed by atoms with Gasteiger partial charge in [0.05, 0.1) is 26.0 Å². The topological polar surface area (TPSA) is 126 Å². The normalized spacial score (nSPS) is 12.2. The van der Waals surface area contributed by atoms with E-state index in [4.69, 9.17) is 20.0 Å². The molecule has 0 fully saturated rings. The summed E-state index contributed by atoms with van der Waals surface area (Å²) in [7, 11) is 3.15. The van der Waals surface area contributed by atoms with Gasteiger partial charge in [-0.1, -0.05) is 5.16 Å². The highest BCUT2D eigenvalue weighted by Crippen LogP contribution is 2.29. The molecule has 0 saturated carbocycles. The Bertz CT molecular complexity index is 1140. The van der Waals surface area contributed by atoms with E-state index in [1.165, 1.54) is 0 Å². The van der Waals surface area contributed by atoms with Gasteiger partial charge < -0.3 is 25.4 Å². The van der Waals surface area contributed by atoms with Crippen molar-refractivity contribution >= 4 is 11.7 Å². The van der Waals surface area contributed by atoms with Crippen LogP contribution in [0.3, 0.4) is 0 Å². The number of carbonyl (C=O) groups excluding carboxylic acids is 1. The van der Waals surface area contributed by atoms with E-state index in [-0.39, 0.29) is 24.4 Å². The number of hydrogen-bond donors (Lipinski definition) is 2. The van der Waals surface area contributed by atoms with Crippen LogP contribution < -0.4 is 20.5 Å². The van der Waals surface area contributed by atoms with Crippen LogP contribution in [0.4, 0.5) is 0 Å². The van der Waals surface area contributed by atoms with Gasteiger partial charge in [-0.2, -0.15) is 5.10 Å².